The molecule has 2 heterocycles. The van der Waals surface area contributed by atoms with Gasteiger partial charge < -0.3 is 10.1 Å². The van der Waals surface area contributed by atoms with E-state index in [1.54, 1.807) is 0 Å². The first-order valence-corrected chi connectivity index (χ1v) is 3.16. The number of aromatic hydroxyl groups is 1. The van der Waals surface area contributed by atoms with E-state index in [2.05, 4.69) is 4.98 Å². The maximum absolute atomic E-state index is 10.8. The van der Waals surface area contributed by atoms with Crippen molar-refractivity contribution >= 4 is 5.65 Å². The number of H-pyrrole nitrogens is 1. The van der Waals surface area contributed by atoms with Crippen molar-refractivity contribution in [2.24, 2.45) is 0 Å². The lowest BCUT2D eigenvalue weighted by Gasteiger charge is -1.90. The largest absolute Gasteiger partial charge is 0.493 e. The first-order chi connectivity index (χ1) is 5.27. The van der Waals surface area contributed by atoms with Gasteiger partial charge in [-0.3, -0.25) is 9.20 Å². The number of nitrogens with zero attached hydrogens (tertiary/aromatic N) is 1. The van der Waals surface area contributed by atoms with Crippen LogP contribution < -0.4 is 5.43 Å². The molecule has 0 fully saturated rings. The maximum Gasteiger partial charge on any atom is 0.213 e. The van der Waals surface area contributed by atoms with E-state index in [-0.39, 0.29) is 11.3 Å². The van der Waals surface area contributed by atoms with E-state index >= 15 is 0 Å². The van der Waals surface area contributed by atoms with Crippen LogP contribution in [0.2, 0.25) is 0 Å². The predicted molar refractivity (Wildman–Crippen MR) is 39.7 cm³/mol. The van der Waals surface area contributed by atoms with E-state index in [4.69, 9.17) is 5.11 Å². The van der Waals surface area contributed by atoms with Gasteiger partial charge in [0.1, 0.15) is 5.65 Å². The average Bonchev–Trinajstić information content (AvgIpc) is 2.32. The summed E-state index contributed by atoms with van der Waals surface area (Å²) in [5.41, 5.74) is 0.516. The monoisotopic (exact) mass is 150 g/mol. The molecule has 0 aromatic carbocycles. The van der Waals surface area contributed by atoms with Crippen LogP contribution >= 0.6 is 0 Å². The van der Waals surface area contributed by atoms with Crippen LogP contribution in [-0.2, 0) is 0 Å². The van der Waals surface area contributed by atoms with Gasteiger partial charge in [-0.05, 0) is 0 Å². The molecule has 2 N–H and O–H groups in total. The Bertz CT molecular complexity index is 441. The fourth-order valence-corrected chi connectivity index (χ4v) is 1.000. The zero-order valence-electron chi connectivity index (χ0n) is 5.61. The van der Waals surface area contributed by atoms with Crippen molar-refractivity contribution in [3.05, 3.63) is 34.7 Å². The number of hydrogen-bond acceptors (Lipinski definition) is 2. The lowest BCUT2D eigenvalue weighted by Crippen LogP contribution is -1.97. The smallest absolute Gasteiger partial charge is 0.213 e. The summed E-state index contributed by atoms with van der Waals surface area (Å²) < 4.78 is 1.49. The van der Waals surface area contributed by atoms with Crippen LogP contribution in [-0.4, -0.2) is 14.5 Å². The summed E-state index contributed by atoms with van der Waals surface area (Å²) in [5.74, 6) is 0.0972. The van der Waals surface area contributed by atoms with E-state index in [1.165, 1.54) is 28.9 Å². The number of aromatic amines is 1. The fourth-order valence-electron chi connectivity index (χ4n) is 1.000. The van der Waals surface area contributed by atoms with Crippen LogP contribution in [0.3, 0.4) is 0 Å². The SMILES string of the molecule is O=c1ccn2c(O)c[nH]c2c1. The predicted octanol–water partition coefficient (Wildman–Crippen LogP) is 0.333. The van der Waals surface area contributed by atoms with Crippen LogP contribution in [0.25, 0.3) is 5.65 Å². The minimum Gasteiger partial charge on any atom is -0.493 e. The minimum absolute atomic E-state index is 0.0770. The van der Waals surface area contributed by atoms with Gasteiger partial charge in [-0.25, -0.2) is 0 Å². The quantitative estimate of drug-likeness (QED) is 0.568. The van der Waals surface area contributed by atoms with Gasteiger partial charge in [0, 0.05) is 18.3 Å². The first kappa shape index (κ1) is 6.03. The third kappa shape index (κ3) is 0.797. The van der Waals surface area contributed by atoms with E-state index in [9.17, 15) is 4.79 Å². The highest BCUT2D eigenvalue weighted by Crippen LogP contribution is 2.08. The van der Waals surface area contributed by atoms with Gasteiger partial charge in [-0.2, -0.15) is 0 Å². The van der Waals surface area contributed by atoms with E-state index < -0.39 is 0 Å². The zero-order valence-corrected chi connectivity index (χ0v) is 5.61. The highest BCUT2D eigenvalue weighted by atomic mass is 16.3. The topological polar surface area (TPSA) is 57.5 Å². The van der Waals surface area contributed by atoms with Crippen LogP contribution in [0, 0.1) is 0 Å². The highest BCUT2D eigenvalue weighted by molar-refractivity contribution is 5.41. The van der Waals surface area contributed by atoms with Gasteiger partial charge in [0.05, 0.1) is 6.20 Å². The Hall–Kier alpha value is -1.71. The highest BCUT2D eigenvalue weighted by Gasteiger charge is 1.97. The third-order valence-electron chi connectivity index (χ3n) is 1.52. The van der Waals surface area contributed by atoms with Crippen molar-refractivity contribution in [2.45, 2.75) is 0 Å². The van der Waals surface area contributed by atoms with Gasteiger partial charge in [0.25, 0.3) is 0 Å². The molecule has 0 saturated heterocycles. The molecule has 56 valence electrons. The molecule has 2 aromatic rings. The molecule has 2 aromatic heterocycles. The second kappa shape index (κ2) is 1.88. The van der Waals surface area contributed by atoms with Gasteiger partial charge >= 0.3 is 0 Å². The normalized spacial score (nSPS) is 10.5. The second-order valence-corrected chi connectivity index (χ2v) is 2.26. The molecule has 0 unspecified atom stereocenters. The molecule has 4 heteroatoms. The first-order valence-electron chi connectivity index (χ1n) is 3.16. The lowest BCUT2D eigenvalue weighted by atomic mass is 10.5. The number of nitrogens with one attached hydrogen (secondary N) is 1. The van der Waals surface area contributed by atoms with Crippen molar-refractivity contribution in [1.29, 1.82) is 0 Å². The molecule has 11 heavy (non-hydrogen) atoms. The molecule has 4 nitrogen and oxygen atoms in total. The van der Waals surface area contributed by atoms with Crippen LogP contribution in [0.5, 0.6) is 5.88 Å². The Labute approximate surface area is 61.7 Å². The zero-order chi connectivity index (χ0) is 7.84. The molecule has 2 rings (SSSR count). The molecule has 0 aliphatic heterocycles. The van der Waals surface area contributed by atoms with E-state index in [0.29, 0.717) is 5.65 Å². The Balaban J connectivity index is 2.96. The number of fused-ring (bicyclic) bond motifs is 1. The molecule has 0 atom stereocenters. The van der Waals surface area contributed by atoms with Gasteiger partial charge in [0.2, 0.25) is 5.88 Å². The molecule has 0 amide bonds. The molecule has 0 bridgehead atoms. The summed E-state index contributed by atoms with van der Waals surface area (Å²) >= 11 is 0. The van der Waals surface area contributed by atoms with E-state index in [1.807, 2.05) is 0 Å². The van der Waals surface area contributed by atoms with Crippen LogP contribution in [0.15, 0.2) is 29.3 Å². The molecule has 0 aliphatic rings. The molecule has 0 saturated carbocycles. The minimum atomic E-state index is -0.0770. The Morgan fingerprint density at radius 3 is 3.18 bits per heavy atom. The number of rotatable bonds is 0. The lowest BCUT2D eigenvalue weighted by molar-refractivity contribution is 0.448. The Morgan fingerprint density at radius 1 is 1.55 bits per heavy atom. The van der Waals surface area contributed by atoms with Gasteiger partial charge in [-0.1, -0.05) is 0 Å². The second-order valence-electron chi connectivity index (χ2n) is 2.26. The molecular weight excluding hydrogens is 144 g/mol. The van der Waals surface area contributed by atoms with Crippen LogP contribution in [0.1, 0.15) is 0 Å². The number of imidazole rings is 1. The number of pyridine rings is 1. The summed E-state index contributed by atoms with van der Waals surface area (Å²) in [6, 6.07) is 2.81. The standard InChI is InChI=1S/C7H6N2O2/c10-5-1-2-9-6(3-5)8-4-7(9)11/h1-4,8,11H. The van der Waals surface area contributed by atoms with Crippen molar-refractivity contribution in [1.82, 2.24) is 9.38 Å². The van der Waals surface area contributed by atoms with E-state index in [0.717, 1.165) is 0 Å². The molecular formula is C7H6N2O2. The summed E-state index contributed by atoms with van der Waals surface area (Å²) in [6.07, 6.45) is 2.94. The van der Waals surface area contributed by atoms with Crippen molar-refractivity contribution in [3.8, 4) is 5.88 Å². The van der Waals surface area contributed by atoms with Crippen LogP contribution in [0.4, 0.5) is 0 Å². The number of aromatic nitrogens is 2. The van der Waals surface area contributed by atoms with Crippen molar-refractivity contribution < 1.29 is 5.11 Å². The molecule has 0 spiro atoms. The number of hydrogen-bond donors (Lipinski definition) is 2. The summed E-state index contributed by atoms with van der Waals surface area (Å²) in [7, 11) is 0. The van der Waals surface area contributed by atoms with Gasteiger partial charge in [0.15, 0.2) is 5.43 Å². The van der Waals surface area contributed by atoms with Gasteiger partial charge in [-0.15, -0.1) is 0 Å². The van der Waals surface area contributed by atoms with Crippen molar-refractivity contribution in [3.63, 3.8) is 0 Å². The summed E-state index contributed by atoms with van der Waals surface area (Å²) in [5, 5.41) is 9.13. The Kier molecular flexibility index (Phi) is 1.03. The molecule has 0 aliphatic carbocycles. The van der Waals surface area contributed by atoms with Crippen molar-refractivity contribution in [2.75, 3.05) is 0 Å². The average molecular weight is 150 g/mol. The summed E-state index contributed by atoms with van der Waals surface area (Å²) in [6.45, 7) is 0. The third-order valence-corrected chi connectivity index (χ3v) is 1.52. The molecule has 0 radical (unpaired) electrons. The fraction of sp³-hybridized carbons (Fsp3) is 0. The summed E-state index contributed by atoms with van der Waals surface area (Å²) in [4.78, 5) is 13.5. The maximum atomic E-state index is 10.8. The Morgan fingerprint density at radius 2 is 2.36 bits per heavy atom.